The average molecular weight is 284 g/mol. The Hall–Kier alpha value is -2.02. The van der Waals surface area contributed by atoms with Gasteiger partial charge in [-0.15, -0.1) is 0 Å². The van der Waals surface area contributed by atoms with Crippen LogP contribution in [0.15, 0.2) is 28.8 Å². The quantitative estimate of drug-likeness (QED) is 0.789. The number of halogens is 2. The maximum atomic E-state index is 11.8. The molecule has 1 N–H and O–H groups in total. The van der Waals surface area contributed by atoms with Gasteiger partial charge in [-0.05, 0) is 6.07 Å². The number of benzene rings is 1. The van der Waals surface area contributed by atoms with Crippen LogP contribution in [0.1, 0.15) is 17.3 Å². The molecule has 0 amide bonds. The van der Waals surface area contributed by atoms with Crippen molar-refractivity contribution in [2.45, 2.75) is 19.3 Å². The molecule has 0 fully saturated rings. The first-order valence-corrected chi connectivity index (χ1v) is 6.09. The lowest BCUT2D eigenvalue weighted by atomic mass is 10.1. The highest BCUT2D eigenvalue weighted by molar-refractivity contribution is 5.33. The SMILES string of the molecule is Oc1ccccc1Cc1nc(CCOCC(F)F)no1. The number of phenols is 1. The van der Waals surface area contributed by atoms with Gasteiger partial charge in [-0.2, -0.15) is 4.98 Å². The summed E-state index contributed by atoms with van der Waals surface area (Å²) in [4.78, 5) is 4.11. The van der Waals surface area contributed by atoms with Crippen molar-refractivity contribution in [1.29, 1.82) is 0 Å². The highest BCUT2D eigenvalue weighted by Crippen LogP contribution is 2.18. The summed E-state index contributed by atoms with van der Waals surface area (Å²) < 4.78 is 33.5. The highest BCUT2D eigenvalue weighted by Gasteiger charge is 2.10. The van der Waals surface area contributed by atoms with E-state index in [2.05, 4.69) is 10.1 Å². The Balaban J connectivity index is 1.85. The topological polar surface area (TPSA) is 68.4 Å². The second-order valence-electron chi connectivity index (χ2n) is 4.13. The Labute approximate surface area is 114 Å². The van der Waals surface area contributed by atoms with E-state index in [-0.39, 0.29) is 12.4 Å². The van der Waals surface area contributed by atoms with Gasteiger partial charge in [0.05, 0.1) is 13.0 Å². The smallest absolute Gasteiger partial charge is 0.261 e. The number of nitrogens with zero attached hydrogens (tertiary/aromatic N) is 2. The van der Waals surface area contributed by atoms with Crippen molar-refractivity contribution in [1.82, 2.24) is 10.1 Å². The Kier molecular flexibility index (Phi) is 5.00. The Morgan fingerprint density at radius 1 is 1.30 bits per heavy atom. The van der Waals surface area contributed by atoms with Gasteiger partial charge in [0.15, 0.2) is 5.82 Å². The number of ether oxygens (including phenoxy) is 1. The maximum absolute atomic E-state index is 11.8. The Morgan fingerprint density at radius 2 is 2.10 bits per heavy atom. The van der Waals surface area contributed by atoms with Crippen LogP contribution in [0.4, 0.5) is 8.78 Å². The summed E-state index contributed by atoms with van der Waals surface area (Å²) >= 11 is 0. The summed E-state index contributed by atoms with van der Waals surface area (Å²) in [7, 11) is 0. The summed E-state index contributed by atoms with van der Waals surface area (Å²) in [5.41, 5.74) is 0.677. The number of alkyl halides is 2. The number of rotatable bonds is 7. The third-order valence-corrected chi connectivity index (χ3v) is 2.56. The molecular weight excluding hydrogens is 270 g/mol. The third kappa shape index (κ3) is 4.27. The van der Waals surface area contributed by atoms with Crippen molar-refractivity contribution in [2.24, 2.45) is 0 Å². The van der Waals surface area contributed by atoms with Crippen molar-refractivity contribution in [2.75, 3.05) is 13.2 Å². The minimum Gasteiger partial charge on any atom is -0.508 e. The van der Waals surface area contributed by atoms with Crippen molar-refractivity contribution in [3.05, 3.63) is 41.5 Å². The second kappa shape index (κ2) is 6.95. The highest BCUT2D eigenvalue weighted by atomic mass is 19.3. The van der Waals surface area contributed by atoms with E-state index in [0.29, 0.717) is 30.1 Å². The fourth-order valence-corrected chi connectivity index (χ4v) is 1.62. The van der Waals surface area contributed by atoms with E-state index >= 15 is 0 Å². The predicted octanol–water partition coefficient (Wildman–Crippen LogP) is 2.19. The lowest BCUT2D eigenvalue weighted by Crippen LogP contribution is -2.07. The number of phenolic OH excluding ortho intramolecular Hbond substituents is 1. The molecule has 108 valence electrons. The molecule has 0 aliphatic carbocycles. The molecule has 0 radical (unpaired) electrons. The van der Waals surface area contributed by atoms with Gasteiger partial charge in [-0.3, -0.25) is 0 Å². The van der Waals surface area contributed by atoms with Crippen LogP contribution in [0.3, 0.4) is 0 Å². The van der Waals surface area contributed by atoms with E-state index in [4.69, 9.17) is 9.26 Å². The molecule has 0 saturated carbocycles. The van der Waals surface area contributed by atoms with Crippen LogP contribution in [0.5, 0.6) is 5.75 Å². The van der Waals surface area contributed by atoms with Gasteiger partial charge >= 0.3 is 0 Å². The van der Waals surface area contributed by atoms with Crippen LogP contribution in [0.2, 0.25) is 0 Å². The molecule has 20 heavy (non-hydrogen) atoms. The monoisotopic (exact) mass is 284 g/mol. The van der Waals surface area contributed by atoms with Crippen molar-refractivity contribution < 1.29 is 23.1 Å². The zero-order chi connectivity index (χ0) is 14.4. The van der Waals surface area contributed by atoms with Gasteiger partial charge < -0.3 is 14.4 Å². The average Bonchev–Trinajstić information content (AvgIpc) is 2.85. The van der Waals surface area contributed by atoms with E-state index in [1.807, 2.05) is 0 Å². The molecule has 0 spiro atoms. The predicted molar refractivity (Wildman–Crippen MR) is 65.7 cm³/mol. The number of para-hydroxylation sites is 1. The van der Waals surface area contributed by atoms with E-state index in [9.17, 15) is 13.9 Å². The number of hydrogen-bond donors (Lipinski definition) is 1. The summed E-state index contributed by atoms with van der Waals surface area (Å²) in [5, 5.41) is 13.3. The molecule has 5 nitrogen and oxygen atoms in total. The molecule has 0 aliphatic rings. The number of aromatic nitrogens is 2. The lowest BCUT2D eigenvalue weighted by Gasteiger charge is -2.00. The summed E-state index contributed by atoms with van der Waals surface area (Å²) in [5.74, 6) is 0.910. The van der Waals surface area contributed by atoms with Gasteiger partial charge in [-0.1, -0.05) is 23.4 Å². The first kappa shape index (κ1) is 14.4. The Bertz CT molecular complexity index is 546. The molecule has 0 unspecified atom stereocenters. The van der Waals surface area contributed by atoms with Crippen LogP contribution in [-0.4, -0.2) is 34.9 Å². The van der Waals surface area contributed by atoms with Crippen LogP contribution in [0, 0.1) is 0 Å². The van der Waals surface area contributed by atoms with Gasteiger partial charge in [-0.25, -0.2) is 8.78 Å². The van der Waals surface area contributed by atoms with Gasteiger partial charge in [0.2, 0.25) is 5.89 Å². The van der Waals surface area contributed by atoms with E-state index in [1.165, 1.54) is 0 Å². The molecule has 0 atom stereocenters. The van der Waals surface area contributed by atoms with Crippen molar-refractivity contribution in [3.8, 4) is 5.75 Å². The summed E-state index contributed by atoms with van der Waals surface area (Å²) in [6, 6.07) is 6.85. The van der Waals surface area contributed by atoms with Crippen LogP contribution in [-0.2, 0) is 17.6 Å². The first-order valence-electron chi connectivity index (χ1n) is 6.09. The molecule has 1 aromatic heterocycles. The maximum Gasteiger partial charge on any atom is 0.261 e. The molecule has 0 aliphatic heterocycles. The van der Waals surface area contributed by atoms with Gasteiger partial charge in [0.1, 0.15) is 12.4 Å². The van der Waals surface area contributed by atoms with Crippen LogP contribution >= 0.6 is 0 Å². The zero-order valence-electron chi connectivity index (χ0n) is 10.6. The van der Waals surface area contributed by atoms with Gasteiger partial charge in [0.25, 0.3) is 6.43 Å². The van der Waals surface area contributed by atoms with E-state index < -0.39 is 13.0 Å². The molecule has 0 bridgehead atoms. The molecule has 0 saturated heterocycles. The fourth-order valence-electron chi connectivity index (χ4n) is 1.62. The molecular formula is C13H14F2N2O3. The van der Waals surface area contributed by atoms with Gasteiger partial charge in [0, 0.05) is 12.0 Å². The van der Waals surface area contributed by atoms with E-state index in [0.717, 1.165) is 0 Å². The largest absolute Gasteiger partial charge is 0.508 e. The number of aromatic hydroxyl groups is 1. The third-order valence-electron chi connectivity index (χ3n) is 2.56. The first-order chi connectivity index (χ1) is 9.65. The molecule has 2 rings (SSSR count). The van der Waals surface area contributed by atoms with Crippen LogP contribution in [0.25, 0.3) is 0 Å². The summed E-state index contributed by atoms with van der Waals surface area (Å²) in [6.45, 7) is -0.484. The molecule has 2 aromatic rings. The summed E-state index contributed by atoms with van der Waals surface area (Å²) in [6.07, 6.45) is -1.86. The van der Waals surface area contributed by atoms with Crippen LogP contribution < -0.4 is 0 Å². The second-order valence-corrected chi connectivity index (χ2v) is 4.13. The molecule has 1 heterocycles. The zero-order valence-corrected chi connectivity index (χ0v) is 10.6. The van der Waals surface area contributed by atoms with Crippen molar-refractivity contribution >= 4 is 0 Å². The van der Waals surface area contributed by atoms with Crippen molar-refractivity contribution in [3.63, 3.8) is 0 Å². The normalized spacial score (nSPS) is 11.2. The minimum atomic E-state index is -2.48. The Morgan fingerprint density at radius 3 is 2.85 bits per heavy atom. The standard InChI is InChI=1S/C13H14F2N2O3/c14-11(15)8-19-6-5-12-16-13(20-17-12)7-9-3-1-2-4-10(9)18/h1-4,11,18H,5-8H2. The molecule has 7 heteroatoms. The van der Waals surface area contributed by atoms with E-state index in [1.54, 1.807) is 24.3 Å². The fraction of sp³-hybridized carbons (Fsp3) is 0.385. The minimum absolute atomic E-state index is 0.111. The lowest BCUT2D eigenvalue weighted by molar-refractivity contribution is 0.0182. The number of hydrogen-bond acceptors (Lipinski definition) is 5. The molecule has 1 aromatic carbocycles.